The lowest BCUT2D eigenvalue weighted by atomic mass is 10.1. The summed E-state index contributed by atoms with van der Waals surface area (Å²) in [7, 11) is 1.82. The fraction of sp³-hybridized carbons (Fsp3) is 0.192. The minimum Gasteiger partial charge on any atom is -0.453 e. The summed E-state index contributed by atoms with van der Waals surface area (Å²) in [6, 6.07) is 11.1. The molecule has 2 aromatic heterocycles. The molecule has 0 radical (unpaired) electrons. The Morgan fingerprint density at radius 3 is 2.54 bits per heavy atom. The molecule has 11 heteroatoms. The summed E-state index contributed by atoms with van der Waals surface area (Å²) in [5, 5.41) is 13.5. The minimum atomic E-state index is -4.93. The van der Waals surface area contributed by atoms with Gasteiger partial charge in [0, 0.05) is 37.1 Å². The van der Waals surface area contributed by atoms with Crippen molar-refractivity contribution in [3.05, 3.63) is 95.3 Å². The van der Waals surface area contributed by atoms with Crippen LogP contribution in [0.2, 0.25) is 0 Å². The smallest absolute Gasteiger partial charge is 0.418 e. The van der Waals surface area contributed by atoms with Gasteiger partial charge in [-0.05, 0) is 35.4 Å². The van der Waals surface area contributed by atoms with Crippen molar-refractivity contribution in [3.8, 4) is 22.6 Å². The van der Waals surface area contributed by atoms with Crippen molar-refractivity contribution in [2.24, 2.45) is 7.05 Å². The highest BCUT2D eigenvalue weighted by Gasteiger charge is 2.39. The number of aromatic nitrogens is 3. The van der Waals surface area contributed by atoms with Crippen molar-refractivity contribution in [1.29, 1.82) is 0 Å². The Hall–Kier alpha value is -4.25. The van der Waals surface area contributed by atoms with E-state index < -0.39 is 23.7 Å². The van der Waals surface area contributed by atoms with Crippen molar-refractivity contribution in [2.45, 2.75) is 25.4 Å². The first kappa shape index (κ1) is 24.4. The van der Waals surface area contributed by atoms with E-state index in [1.165, 1.54) is 6.07 Å². The molecule has 0 bridgehead atoms. The third-order valence-corrected chi connectivity index (χ3v) is 5.99. The predicted molar refractivity (Wildman–Crippen MR) is 124 cm³/mol. The van der Waals surface area contributed by atoms with Crippen molar-refractivity contribution >= 4 is 5.91 Å². The molecule has 2 aromatic carbocycles. The number of pyridine rings is 1. The first-order chi connectivity index (χ1) is 17.6. The molecule has 1 amide bonds. The van der Waals surface area contributed by atoms with Crippen LogP contribution in [0, 0.1) is 5.82 Å². The van der Waals surface area contributed by atoms with Gasteiger partial charge in [0.05, 0.1) is 24.0 Å². The van der Waals surface area contributed by atoms with Gasteiger partial charge in [0.2, 0.25) is 0 Å². The van der Waals surface area contributed by atoms with Crippen molar-refractivity contribution in [2.75, 3.05) is 0 Å². The molecule has 0 saturated carbocycles. The molecular formula is C26H20F4N4O3. The number of amides is 1. The average molecular weight is 512 g/mol. The van der Waals surface area contributed by atoms with Gasteiger partial charge in [-0.25, -0.2) is 4.39 Å². The van der Waals surface area contributed by atoms with Gasteiger partial charge in [0.1, 0.15) is 5.75 Å². The molecule has 37 heavy (non-hydrogen) atoms. The number of rotatable bonds is 6. The predicted octanol–water partition coefficient (Wildman–Crippen LogP) is 5.17. The van der Waals surface area contributed by atoms with Gasteiger partial charge in [0.25, 0.3) is 5.91 Å². The highest BCUT2D eigenvalue weighted by Crippen LogP contribution is 2.37. The molecule has 1 aliphatic rings. The van der Waals surface area contributed by atoms with E-state index in [0.29, 0.717) is 17.3 Å². The fourth-order valence-electron chi connectivity index (χ4n) is 4.13. The number of carbonyl (C=O) groups excluding carboxylic acids is 1. The van der Waals surface area contributed by atoms with Gasteiger partial charge in [-0.1, -0.05) is 24.3 Å². The Morgan fingerprint density at radius 2 is 1.89 bits per heavy atom. The Morgan fingerprint density at radius 1 is 1.08 bits per heavy atom. The van der Waals surface area contributed by atoms with Crippen LogP contribution >= 0.6 is 0 Å². The largest absolute Gasteiger partial charge is 0.453 e. The fourth-order valence-corrected chi connectivity index (χ4v) is 4.13. The summed E-state index contributed by atoms with van der Waals surface area (Å²) in [5.41, 5.74) is 2.73. The van der Waals surface area contributed by atoms with Gasteiger partial charge in [-0.2, -0.15) is 18.3 Å². The Bertz CT molecular complexity index is 1470. The maximum atomic E-state index is 14.5. The number of hydrogen-bond acceptors (Lipinski definition) is 5. The second-order valence-electron chi connectivity index (χ2n) is 8.63. The molecule has 0 aliphatic carbocycles. The number of carbonyl (C=O) groups is 1. The summed E-state index contributed by atoms with van der Waals surface area (Å²) in [6.45, 7) is 0.523. The van der Waals surface area contributed by atoms with E-state index in [2.05, 4.69) is 10.1 Å². The summed E-state index contributed by atoms with van der Waals surface area (Å²) < 4.78 is 60.1. The number of halogens is 4. The van der Waals surface area contributed by atoms with Crippen molar-refractivity contribution in [3.63, 3.8) is 0 Å². The SMILES string of the molecule is Cn1cc(-c2ccc(CN3Cc4cccc(Oc5ccc(C(O)C(F)(F)F)cc5F)c4C3=O)nc2)cn1. The number of aryl methyl sites for hydroxylation is 1. The molecule has 4 aromatic rings. The van der Waals surface area contributed by atoms with E-state index in [4.69, 9.17) is 4.74 Å². The minimum absolute atomic E-state index is 0.0768. The van der Waals surface area contributed by atoms with Crippen LogP contribution in [0.1, 0.15) is 33.3 Å². The molecule has 0 fully saturated rings. The molecule has 190 valence electrons. The number of hydrogen-bond donors (Lipinski definition) is 1. The lowest BCUT2D eigenvalue weighted by Gasteiger charge is -2.16. The lowest BCUT2D eigenvalue weighted by molar-refractivity contribution is -0.206. The maximum Gasteiger partial charge on any atom is 0.418 e. The van der Waals surface area contributed by atoms with Gasteiger partial charge < -0.3 is 14.7 Å². The summed E-state index contributed by atoms with van der Waals surface area (Å²) in [5.74, 6) is -1.73. The van der Waals surface area contributed by atoms with Gasteiger partial charge in [-0.3, -0.25) is 14.5 Å². The zero-order valence-corrected chi connectivity index (χ0v) is 19.4. The number of ether oxygens (including phenoxy) is 1. The third-order valence-electron chi connectivity index (χ3n) is 5.99. The van der Waals surface area contributed by atoms with Crippen LogP contribution in [0.15, 0.2) is 67.1 Å². The normalized spacial score (nSPS) is 14.1. The molecule has 0 saturated heterocycles. The second kappa shape index (κ2) is 9.32. The highest BCUT2D eigenvalue weighted by molar-refractivity contribution is 6.01. The zero-order valence-electron chi connectivity index (χ0n) is 19.4. The monoisotopic (exact) mass is 512 g/mol. The van der Waals surface area contributed by atoms with Crippen LogP contribution < -0.4 is 4.74 Å². The molecule has 0 spiro atoms. The molecule has 3 heterocycles. The van der Waals surface area contributed by atoms with E-state index >= 15 is 0 Å². The quantitative estimate of drug-likeness (QED) is 0.361. The third kappa shape index (κ3) is 4.90. The molecular weight excluding hydrogens is 492 g/mol. The van der Waals surface area contributed by atoms with Gasteiger partial charge in [-0.15, -0.1) is 0 Å². The molecule has 7 nitrogen and oxygen atoms in total. The molecule has 1 unspecified atom stereocenters. The van der Waals surface area contributed by atoms with Crippen LogP contribution in [-0.4, -0.2) is 36.9 Å². The molecule has 1 N–H and O–H groups in total. The van der Waals surface area contributed by atoms with E-state index in [0.717, 1.165) is 23.3 Å². The Labute approximate surface area is 208 Å². The van der Waals surface area contributed by atoms with Crippen molar-refractivity contribution < 1.29 is 32.2 Å². The van der Waals surface area contributed by atoms with Gasteiger partial charge >= 0.3 is 6.18 Å². The van der Waals surface area contributed by atoms with E-state index in [1.807, 2.05) is 25.4 Å². The number of nitrogens with zero attached hydrogens (tertiary/aromatic N) is 4. The first-order valence-electron chi connectivity index (χ1n) is 11.2. The van der Waals surface area contributed by atoms with Gasteiger partial charge in [0.15, 0.2) is 17.7 Å². The van der Waals surface area contributed by atoms with E-state index in [9.17, 15) is 27.5 Å². The van der Waals surface area contributed by atoms with Crippen LogP contribution in [0.4, 0.5) is 17.6 Å². The Balaban J connectivity index is 1.32. The van der Waals surface area contributed by atoms with Crippen LogP contribution in [0.3, 0.4) is 0 Å². The summed E-state index contributed by atoms with van der Waals surface area (Å²) >= 11 is 0. The number of aliphatic hydroxyl groups excluding tert-OH is 1. The molecule has 1 atom stereocenters. The number of aliphatic hydroxyl groups is 1. The number of benzene rings is 2. The van der Waals surface area contributed by atoms with Crippen LogP contribution in [-0.2, 0) is 20.1 Å². The van der Waals surface area contributed by atoms with Crippen LogP contribution in [0.25, 0.3) is 11.1 Å². The lowest BCUT2D eigenvalue weighted by Crippen LogP contribution is -2.24. The second-order valence-corrected chi connectivity index (χ2v) is 8.63. The standard InChI is InChI=1S/C26H20F4N4O3/c1-33-12-18(11-32-33)16-5-7-19(31-10-16)14-34-13-17-3-2-4-22(23(17)25(34)36)37-21-8-6-15(9-20(21)27)24(35)26(28,29)30/h2-12,24,35H,13-14H2,1H3. The summed E-state index contributed by atoms with van der Waals surface area (Å²) in [6.07, 6.45) is -2.45. The Kier molecular flexibility index (Phi) is 6.16. The van der Waals surface area contributed by atoms with E-state index in [-0.39, 0.29) is 36.1 Å². The average Bonchev–Trinajstić information content (AvgIpc) is 3.43. The van der Waals surface area contributed by atoms with Crippen LogP contribution in [0.5, 0.6) is 11.5 Å². The van der Waals surface area contributed by atoms with E-state index in [1.54, 1.807) is 34.1 Å². The summed E-state index contributed by atoms with van der Waals surface area (Å²) in [4.78, 5) is 19.2. The number of alkyl halides is 3. The topological polar surface area (TPSA) is 80.5 Å². The molecule has 1 aliphatic heterocycles. The first-order valence-corrected chi connectivity index (χ1v) is 11.2. The number of fused-ring (bicyclic) bond motifs is 1. The zero-order chi connectivity index (χ0) is 26.3. The highest BCUT2D eigenvalue weighted by atomic mass is 19.4. The molecule has 5 rings (SSSR count). The van der Waals surface area contributed by atoms with Crippen molar-refractivity contribution in [1.82, 2.24) is 19.7 Å². The maximum absolute atomic E-state index is 14.5.